The lowest BCUT2D eigenvalue weighted by Gasteiger charge is -2.25. The second kappa shape index (κ2) is 6.15. The SMILES string of the molecule is CC(C)(CCN)CNc1ccc2c(c1)OCCCO2. The Morgan fingerprint density at radius 3 is 2.68 bits per heavy atom. The summed E-state index contributed by atoms with van der Waals surface area (Å²) in [6.07, 6.45) is 1.94. The molecule has 19 heavy (non-hydrogen) atoms. The molecule has 0 saturated carbocycles. The van der Waals surface area contributed by atoms with E-state index in [1.54, 1.807) is 0 Å². The Hall–Kier alpha value is -1.42. The molecule has 0 amide bonds. The van der Waals surface area contributed by atoms with Gasteiger partial charge in [-0.3, -0.25) is 0 Å². The van der Waals surface area contributed by atoms with Crippen molar-refractivity contribution in [3.8, 4) is 11.5 Å². The zero-order chi connectivity index (χ0) is 13.7. The highest BCUT2D eigenvalue weighted by molar-refractivity contribution is 5.55. The summed E-state index contributed by atoms with van der Waals surface area (Å²) >= 11 is 0. The maximum Gasteiger partial charge on any atom is 0.163 e. The molecule has 3 N–H and O–H groups in total. The first-order valence-electron chi connectivity index (χ1n) is 6.94. The van der Waals surface area contributed by atoms with Gasteiger partial charge in [0.15, 0.2) is 11.5 Å². The highest BCUT2D eigenvalue weighted by Gasteiger charge is 2.17. The summed E-state index contributed by atoms with van der Waals surface area (Å²) in [5.74, 6) is 1.67. The minimum Gasteiger partial charge on any atom is -0.490 e. The summed E-state index contributed by atoms with van der Waals surface area (Å²) in [5.41, 5.74) is 6.89. The van der Waals surface area contributed by atoms with Gasteiger partial charge in [0, 0.05) is 24.7 Å². The van der Waals surface area contributed by atoms with Gasteiger partial charge in [0.2, 0.25) is 0 Å². The number of fused-ring (bicyclic) bond motifs is 1. The molecule has 2 rings (SSSR count). The van der Waals surface area contributed by atoms with Crippen LogP contribution in [0.3, 0.4) is 0 Å². The van der Waals surface area contributed by atoms with E-state index in [1.807, 2.05) is 18.2 Å². The molecule has 0 atom stereocenters. The highest BCUT2D eigenvalue weighted by Crippen LogP contribution is 2.32. The van der Waals surface area contributed by atoms with Gasteiger partial charge in [0.1, 0.15) is 0 Å². The van der Waals surface area contributed by atoms with Gasteiger partial charge in [0.25, 0.3) is 0 Å². The minimum atomic E-state index is 0.193. The Kier molecular flexibility index (Phi) is 4.53. The molecule has 0 radical (unpaired) electrons. The fraction of sp³-hybridized carbons (Fsp3) is 0.600. The summed E-state index contributed by atoms with van der Waals surface area (Å²) in [6.45, 7) is 7.49. The molecule has 1 aromatic carbocycles. The van der Waals surface area contributed by atoms with Crippen molar-refractivity contribution in [2.75, 3.05) is 31.6 Å². The number of hydrogen-bond donors (Lipinski definition) is 2. The van der Waals surface area contributed by atoms with Crippen molar-refractivity contribution in [3.05, 3.63) is 18.2 Å². The molecule has 0 fully saturated rings. The van der Waals surface area contributed by atoms with Crippen LogP contribution in [0.2, 0.25) is 0 Å². The van der Waals surface area contributed by atoms with Gasteiger partial charge in [-0.25, -0.2) is 0 Å². The number of hydrogen-bond acceptors (Lipinski definition) is 4. The third-order valence-corrected chi connectivity index (χ3v) is 3.34. The number of nitrogens with two attached hydrogens (primary N) is 1. The van der Waals surface area contributed by atoms with E-state index in [9.17, 15) is 0 Å². The van der Waals surface area contributed by atoms with Crippen molar-refractivity contribution in [2.24, 2.45) is 11.1 Å². The van der Waals surface area contributed by atoms with Gasteiger partial charge in [-0.1, -0.05) is 13.8 Å². The Balaban J connectivity index is 2.00. The van der Waals surface area contributed by atoms with E-state index in [2.05, 4.69) is 19.2 Å². The van der Waals surface area contributed by atoms with Gasteiger partial charge in [-0.15, -0.1) is 0 Å². The van der Waals surface area contributed by atoms with Crippen molar-refractivity contribution in [3.63, 3.8) is 0 Å². The molecule has 0 spiro atoms. The molecule has 1 aromatic rings. The molecular formula is C15H24N2O2. The van der Waals surface area contributed by atoms with Crippen LogP contribution in [0.1, 0.15) is 26.7 Å². The second-order valence-corrected chi connectivity index (χ2v) is 5.77. The molecule has 1 aliphatic rings. The first kappa shape index (κ1) is 14.0. The summed E-state index contributed by atoms with van der Waals surface area (Å²) in [7, 11) is 0. The Morgan fingerprint density at radius 1 is 1.21 bits per heavy atom. The smallest absolute Gasteiger partial charge is 0.163 e. The van der Waals surface area contributed by atoms with Gasteiger partial charge in [-0.05, 0) is 30.5 Å². The van der Waals surface area contributed by atoms with Gasteiger partial charge >= 0.3 is 0 Å². The predicted octanol–water partition coefficient (Wildman–Crippen LogP) is 2.63. The summed E-state index contributed by atoms with van der Waals surface area (Å²) in [5, 5.41) is 3.45. The molecule has 0 saturated heterocycles. The fourth-order valence-electron chi connectivity index (χ4n) is 2.09. The molecule has 0 aliphatic carbocycles. The first-order valence-corrected chi connectivity index (χ1v) is 6.94. The standard InChI is InChI=1S/C15H24N2O2/c1-15(2,6-7-16)11-17-12-4-5-13-14(10-12)19-9-3-8-18-13/h4-5,10,17H,3,6-9,11,16H2,1-2H3. The lowest BCUT2D eigenvalue weighted by molar-refractivity contribution is 0.297. The predicted molar refractivity (Wildman–Crippen MR) is 78.0 cm³/mol. The first-order chi connectivity index (χ1) is 9.11. The Bertz CT molecular complexity index is 419. The summed E-state index contributed by atoms with van der Waals surface area (Å²) in [4.78, 5) is 0. The van der Waals surface area contributed by atoms with E-state index in [-0.39, 0.29) is 5.41 Å². The van der Waals surface area contributed by atoms with Crippen LogP contribution >= 0.6 is 0 Å². The van der Waals surface area contributed by atoms with Crippen LogP contribution in [-0.4, -0.2) is 26.3 Å². The average molecular weight is 264 g/mol. The number of nitrogens with one attached hydrogen (secondary N) is 1. The molecule has 1 aliphatic heterocycles. The Labute approximate surface area is 115 Å². The topological polar surface area (TPSA) is 56.5 Å². The third-order valence-electron chi connectivity index (χ3n) is 3.34. The van der Waals surface area contributed by atoms with E-state index >= 15 is 0 Å². The molecule has 1 heterocycles. The van der Waals surface area contributed by atoms with Crippen LogP contribution in [0.15, 0.2) is 18.2 Å². The summed E-state index contributed by atoms with van der Waals surface area (Å²) in [6, 6.07) is 6.02. The Morgan fingerprint density at radius 2 is 1.95 bits per heavy atom. The van der Waals surface area contributed by atoms with Crippen molar-refractivity contribution in [1.82, 2.24) is 0 Å². The van der Waals surface area contributed by atoms with Crippen LogP contribution in [-0.2, 0) is 0 Å². The average Bonchev–Trinajstić information content (AvgIpc) is 2.61. The van der Waals surface area contributed by atoms with Crippen LogP contribution < -0.4 is 20.5 Å². The van der Waals surface area contributed by atoms with Crippen molar-refractivity contribution in [1.29, 1.82) is 0 Å². The van der Waals surface area contributed by atoms with Crippen LogP contribution in [0.5, 0.6) is 11.5 Å². The zero-order valence-corrected chi connectivity index (χ0v) is 11.9. The molecule has 0 bridgehead atoms. The molecule has 106 valence electrons. The number of benzene rings is 1. The molecule has 0 aromatic heterocycles. The number of rotatable bonds is 5. The monoisotopic (exact) mass is 264 g/mol. The maximum absolute atomic E-state index is 5.68. The van der Waals surface area contributed by atoms with Gasteiger partial charge in [-0.2, -0.15) is 0 Å². The van der Waals surface area contributed by atoms with Crippen molar-refractivity contribution >= 4 is 5.69 Å². The van der Waals surface area contributed by atoms with Crippen molar-refractivity contribution < 1.29 is 9.47 Å². The summed E-state index contributed by atoms with van der Waals surface area (Å²) < 4.78 is 11.3. The van der Waals surface area contributed by atoms with E-state index in [0.29, 0.717) is 0 Å². The van der Waals surface area contributed by atoms with Gasteiger partial charge < -0.3 is 20.5 Å². The molecular weight excluding hydrogens is 240 g/mol. The third kappa shape index (κ3) is 4.03. The second-order valence-electron chi connectivity index (χ2n) is 5.77. The van der Waals surface area contributed by atoms with E-state index in [1.165, 1.54) is 0 Å². The molecule has 4 heteroatoms. The van der Waals surface area contributed by atoms with Crippen LogP contribution in [0.25, 0.3) is 0 Å². The number of ether oxygens (including phenoxy) is 2. The quantitative estimate of drug-likeness (QED) is 0.858. The van der Waals surface area contributed by atoms with Crippen molar-refractivity contribution in [2.45, 2.75) is 26.7 Å². The van der Waals surface area contributed by atoms with Crippen LogP contribution in [0.4, 0.5) is 5.69 Å². The molecule has 4 nitrogen and oxygen atoms in total. The molecule has 0 unspecified atom stereocenters. The van der Waals surface area contributed by atoms with Gasteiger partial charge in [0.05, 0.1) is 13.2 Å². The zero-order valence-electron chi connectivity index (χ0n) is 11.9. The van der Waals surface area contributed by atoms with E-state index in [0.717, 1.165) is 56.3 Å². The van der Waals surface area contributed by atoms with E-state index in [4.69, 9.17) is 15.2 Å². The largest absolute Gasteiger partial charge is 0.490 e. The normalized spacial score (nSPS) is 14.9. The number of anilines is 1. The van der Waals surface area contributed by atoms with Crippen LogP contribution in [0, 0.1) is 5.41 Å². The lowest BCUT2D eigenvalue weighted by atomic mass is 9.89. The fourth-order valence-corrected chi connectivity index (χ4v) is 2.09. The minimum absolute atomic E-state index is 0.193. The maximum atomic E-state index is 5.68. The highest BCUT2D eigenvalue weighted by atomic mass is 16.5. The lowest BCUT2D eigenvalue weighted by Crippen LogP contribution is -2.26. The van der Waals surface area contributed by atoms with E-state index < -0.39 is 0 Å².